The van der Waals surface area contributed by atoms with Gasteiger partial charge in [0.2, 0.25) is 0 Å². The highest BCUT2D eigenvalue weighted by Crippen LogP contribution is 2.37. The minimum atomic E-state index is -3.63. The Morgan fingerprint density at radius 3 is 2.50 bits per heavy atom. The first-order chi connectivity index (χ1) is 7.31. The molecule has 0 amide bonds. The van der Waals surface area contributed by atoms with Crippen molar-refractivity contribution < 1.29 is 23.4 Å². The Kier molecular flexibility index (Phi) is 3.82. The van der Waals surface area contributed by atoms with Crippen LogP contribution in [-0.4, -0.2) is 22.7 Å². The van der Waals surface area contributed by atoms with E-state index in [9.17, 15) is 18.3 Å². The second-order valence-corrected chi connectivity index (χ2v) is 4.05. The van der Waals surface area contributed by atoms with Crippen molar-refractivity contribution in [2.45, 2.75) is 12.0 Å². The van der Waals surface area contributed by atoms with E-state index < -0.39 is 35.7 Å². The number of phenols is 1. The number of aromatic hydroxyl groups is 1. The maximum atomic E-state index is 13.2. The van der Waals surface area contributed by atoms with E-state index in [0.717, 1.165) is 12.1 Å². The van der Waals surface area contributed by atoms with Gasteiger partial charge in [0.1, 0.15) is 12.6 Å². The van der Waals surface area contributed by atoms with Crippen LogP contribution in [0.2, 0.25) is 0 Å². The second-order valence-electron chi connectivity index (χ2n) is 3.20. The molecule has 0 fully saturated rings. The normalized spacial score (nSPS) is 13.9. The molecule has 0 saturated carbocycles. The molecule has 0 aliphatic rings. The van der Waals surface area contributed by atoms with E-state index in [1.165, 1.54) is 0 Å². The fraction of sp³-hybridized carbons (Fsp3) is 0.333. The smallest absolute Gasteiger partial charge is 0.289 e. The van der Waals surface area contributed by atoms with Gasteiger partial charge in [-0.3, -0.25) is 0 Å². The van der Waals surface area contributed by atoms with Gasteiger partial charge in [0, 0.05) is 5.56 Å². The molecular formula is C9H9BrF3NO2. The molecule has 0 aromatic heterocycles. The molecule has 0 spiro atoms. The van der Waals surface area contributed by atoms with E-state index in [1.807, 2.05) is 0 Å². The predicted octanol–water partition coefficient (Wildman–Crippen LogP) is 1.92. The third-order valence-corrected chi connectivity index (χ3v) is 2.71. The molecule has 0 unspecified atom stereocenters. The van der Waals surface area contributed by atoms with E-state index in [2.05, 4.69) is 15.9 Å². The van der Waals surface area contributed by atoms with Crippen LogP contribution in [0.4, 0.5) is 13.2 Å². The van der Waals surface area contributed by atoms with Gasteiger partial charge in [-0.15, -0.1) is 0 Å². The van der Waals surface area contributed by atoms with Crippen LogP contribution >= 0.6 is 15.9 Å². The average Bonchev–Trinajstić information content (AvgIpc) is 2.25. The lowest BCUT2D eigenvalue weighted by molar-refractivity contribution is -0.0716. The number of benzene rings is 1. The molecule has 0 bridgehead atoms. The molecule has 3 nitrogen and oxygen atoms in total. The molecule has 0 aliphatic heterocycles. The van der Waals surface area contributed by atoms with Gasteiger partial charge in [0.25, 0.3) is 5.92 Å². The van der Waals surface area contributed by atoms with Crippen molar-refractivity contribution >= 4 is 15.9 Å². The number of hydrogen-bond donors (Lipinski definition) is 3. The van der Waals surface area contributed by atoms with Crippen LogP contribution in [0.5, 0.6) is 5.75 Å². The van der Waals surface area contributed by atoms with Gasteiger partial charge in [-0.2, -0.15) is 0 Å². The summed E-state index contributed by atoms with van der Waals surface area (Å²) in [6, 6.07) is 0.245. The molecule has 0 saturated heterocycles. The molecule has 16 heavy (non-hydrogen) atoms. The quantitative estimate of drug-likeness (QED) is 0.799. The van der Waals surface area contributed by atoms with Gasteiger partial charge < -0.3 is 15.9 Å². The lowest BCUT2D eigenvalue weighted by Gasteiger charge is -2.22. The second kappa shape index (κ2) is 4.60. The van der Waals surface area contributed by atoms with Crippen LogP contribution < -0.4 is 5.73 Å². The first kappa shape index (κ1) is 13.3. The van der Waals surface area contributed by atoms with Crippen molar-refractivity contribution in [1.82, 2.24) is 0 Å². The van der Waals surface area contributed by atoms with Crippen LogP contribution in [0.1, 0.15) is 11.6 Å². The number of alkyl halides is 2. The number of aliphatic hydroxyl groups is 1. The van der Waals surface area contributed by atoms with Gasteiger partial charge >= 0.3 is 0 Å². The van der Waals surface area contributed by atoms with Crippen LogP contribution in [0.25, 0.3) is 0 Å². The molecule has 7 heteroatoms. The summed E-state index contributed by atoms with van der Waals surface area (Å²) < 4.78 is 39.2. The van der Waals surface area contributed by atoms with Crippen molar-refractivity contribution in [3.8, 4) is 5.75 Å². The SMILES string of the molecule is N[C@H](c1ccc(Br)c(F)c1O)C(F)(F)CO. The number of aliphatic hydroxyl groups excluding tert-OH is 1. The third-order valence-electron chi connectivity index (χ3n) is 2.10. The summed E-state index contributed by atoms with van der Waals surface area (Å²) in [6.45, 7) is -1.48. The molecule has 4 N–H and O–H groups in total. The van der Waals surface area contributed by atoms with Crippen LogP contribution in [0.3, 0.4) is 0 Å². The summed E-state index contributed by atoms with van der Waals surface area (Å²) >= 11 is 2.78. The first-order valence-corrected chi connectivity index (χ1v) is 5.01. The van der Waals surface area contributed by atoms with E-state index in [4.69, 9.17) is 10.8 Å². The van der Waals surface area contributed by atoms with Crippen molar-refractivity contribution in [2.24, 2.45) is 5.73 Å². The summed E-state index contributed by atoms with van der Waals surface area (Å²) in [5.74, 6) is -5.64. The highest BCUT2D eigenvalue weighted by Gasteiger charge is 2.39. The van der Waals surface area contributed by atoms with Crippen molar-refractivity contribution in [3.05, 3.63) is 28.0 Å². The number of phenolic OH excluding ortho intramolecular Hbond substituents is 1. The Morgan fingerprint density at radius 2 is 2.00 bits per heavy atom. The van der Waals surface area contributed by atoms with Gasteiger partial charge in [0.15, 0.2) is 11.6 Å². The van der Waals surface area contributed by atoms with E-state index in [0.29, 0.717) is 0 Å². The molecule has 0 radical (unpaired) electrons. The van der Waals surface area contributed by atoms with Gasteiger partial charge in [0.05, 0.1) is 4.47 Å². The Bertz CT molecular complexity index is 401. The Balaban J connectivity index is 3.20. The maximum Gasteiger partial charge on any atom is 0.289 e. The summed E-state index contributed by atoms with van der Waals surface area (Å²) in [5, 5.41) is 17.7. The molecule has 90 valence electrons. The topological polar surface area (TPSA) is 66.5 Å². The molecule has 1 aromatic carbocycles. The zero-order valence-corrected chi connectivity index (χ0v) is 9.51. The van der Waals surface area contributed by atoms with Gasteiger partial charge in [-0.25, -0.2) is 13.2 Å². The average molecular weight is 300 g/mol. The zero-order chi connectivity index (χ0) is 12.5. The lowest BCUT2D eigenvalue weighted by Crippen LogP contribution is -2.36. The van der Waals surface area contributed by atoms with Crippen LogP contribution in [0, 0.1) is 5.82 Å². The summed E-state index contributed by atoms with van der Waals surface area (Å²) in [7, 11) is 0. The molecule has 1 aromatic rings. The lowest BCUT2D eigenvalue weighted by atomic mass is 10.0. The summed E-state index contributed by atoms with van der Waals surface area (Å²) in [5.41, 5.74) is 4.69. The highest BCUT2D eigenvalue weighted by atomic mass is 79.9. The zero-order valence-electron chi connectivity index (χ0n) is 7.92. The van der Waals surface area contributed by atoms with Crippen molar-refractivity contribution in [2.75, 3.05) is 6.61 Å². The Hall–Kier alpha value is -0.790. The maximum absolute atomic E-state index is 13.2. The number of rotatable bonds is 3. The Labute approximate surface area is 97.8 Å². The molecule has 0 heterocycles. The molecule has 1 rings (SSSR count). The summed E-state index contributed by atoms with van der Waals surface area (Å²) in [6.07, 6.45) is 0. The fourth-order valence-corrected chi connectivity index (χ4v) is 1.45. The number of nitrogens with two attached hydrogens (primary N) is 1. The van der Waals surface area contributed by atoms with Crippen molar-refractivity contribution in [3.63, 3.8) is 0 Å². The summed E-state index contributed by atoms with van der Waals surface area (Å²) in [4.78, 5) is 0. The standard InChI is InChI=1S/C9H9BrF3NO2/c10-5-2-1-4(7(16)6(5)11)8(14)9(12,13)3-15/h1-2,8,15-16H,3,14H2/t8-/m1/s1. The van der Waals surface area contributed by atoms with E-state index in [1.54, 1.807) is 0 Å². The Morgan fingerprint density at radius 1 is 1.44 bits per heavy atom. The third kappa shape index (κ3) is 2.31. The molecule has 1 atom stereocenters. The van der Waals surface area contributed by atoms with E-state index in [-0.39, 0.29) is 4.47 Å². The first-order valence-electron chi connectivity index (χ1n) is 4.22. The predicted molar refractivity (Wildman–Crippen MR) is 54.7 cm³/mol. The van der Waals surface area contributed by atoms with Gasteiger partial charge in [-0.05, 0) is 22.0 Å². The minimum absolute atomic E-state index is 0.0618. The van der Waals surface area contributed by atoms with Crippen LogP contribution in [0.15, 0.2) is 16.6 Å². The fourth-order valence-electron chi connectivity index (χ4n) is 1.13. The molecular weight excluding hydrogens is 291 g/mol. The van der Waals surface area contributed by atoms with Gasteiger partial charge in [-0.1, -0.05) is 6.07 Å². The highest BCUT2D eigenvalue weighted by molar-refractivity contribution is 9.10. The van der Waals surface area contributed by atoms with E-state index >= 15 is 0 Å². The van der Waals surface area contributed by atoms with Crippen molar-refractivity contribution in [1.29, 1.82) is 0 Å². The monoisotopic (exact) mass is 299 g/mol. The number of hydrogen-bond acceptors (Lipinski definition) is 3. The minimum Gasteiger partial charge on any atom is -0.505 e. The largest absolute Gasteiger partial charge is 0.505 e. The molecule has 0 aliphatic carbocycles. The number of halogens is 4. The van der Waals surface area contributed by atoms with Crippen LogP contribution in [-0.2, 0) is 0 Å².